The van der Waals surface area contributed by atoms with Crippen molar-refractivity contribution in [3.8, 4) is 11.4 Å². The van der Waals surface area contributed by atoms with Crippen LogP contribution in [0.2, 0.25) is 0 Å². The standard InChI is InChI=1S/C46H36N8O10/c1-27(55)43-37(25-51(47-43)33-5-9-35(10-6-33)53(59)60)45(57)41-21-31-19-29(3-13-39(31)63-41)23-49-15-17-50(18-16-49)24-30-4-14-40-32(20-30)22-42(64-40)46(58)38-26-52(48-44(38)28(2)56)34-7-11-36(12-8-34)54(61)62/h3-14,19-22,25-26H,15-18,23-24H2,1-2H3. The van der Waals surface area contributed by atoms with Crippen molar-refractivity contribution in [1.29, 1.82) is 0 Å². The Morgan fingerprint density at radius 3 is 1.28 bits per heavy atom. The predicted molar refractivity (Wildman–Crippen MR) is 230 cm³/mol. The van der Waals surface area contributed by atoms with Crippen LogP contribution in [0.1, 0.15) is 78.2 Å². The lowest BCUT2D eigenvalue weighted by Gasteiger charge is -2.34. The van der Waals surface area contributed by atoms with Crippen molar-refractivity contribution >= 4 is 56.4 Å². The molecule has 0 atom stereocenters. The number of aromatic nitrogens is 4. The zero-order valence-electron chi connectivity index (χ0n) is 34.3. The summed E-state index contributed by atoms with van der Waals surface area (Å²) in [7, 11) is 0. The van der Waals surface area contributed by atoms with Crippen LogP contribution in [0, 0.1) is 20.2 Å². The first-order chi connectivity index (χ1) is 30.8. The summed E-state index contributed by atoms with van der Waals surface area (Å²) in [5, 5.41) is 32.2. The van der Waals surface area contributed by atoms with Gasteiger partial charge in [0, 0.05) is 101 Å². The Morgan fingerprint density at radius 1 is 0.562 bits per heavy atom. The van der Waals surface area contributed by atoms with Crippen LogP contribution in [0.4, 0.5) is 11.4 Å². The minimum Gasteiger partial charge on any atom is -0.453 e. The molecule has 18 heteroatoms. The van der Waals surface area contributed by atoms with Crippen LogP contribution >= 0.6 is 0 Å². The molecule has 0 bridgehead atoms. The zero-order chi connectivity index (χ0) is 44.8. The summed E-state index contributed by atoms with van der Waals surface area (Å²) in [4.78, 5) is 78.2. The molecule has 0 unspecified atom stereocenters. The van der Waals surface area contributed by atoms with Gasteiger partial charge in [0.05, 0.1) is 32.3 Å². The van der Waals surface area contributed by atoms with Gasteiger partial charge in [-0.15, -0.1) is 0 Å². The number of nitro groups is 2. The maximum absolute atomic E-state index is 13.7. The van der Waals surface area contributed by atoms with E-state index in [1.54, 1.807) is 12.1 Å². The number of benzene rings is 4. The summed E-state index contributed by atoms with van der Waals surface area (Å²) in [6.45, 7) is 7.27. The summed E-state index contributed by atoms with van der Waals surface area (Å²) < 4.78 is 14.6. The highest BCUT2D eigenvalue weighted by molar-refractivity contribution is 6.15. The lowest BCUT2D eigenvalue weighted by Crippen LogP contribution is -2.45. The fourth-order valence-corrected chi connectivity index (χ4v) is 7.81. The maximum atomic E-state index is 13.7. The molecule has 0 spiro atoms. The molecule has 4 aromatic heterocycles. The van der Waals surface area contributed by atoms with Crippen LogP contribution in [-0.2, 0) is 13.1 Å². The SMILES string of the molecule is CC(=O)c1nn(-c2ccc([N+](=O)[O-])cc2)cc1C(=O)c1cc2cc(CN3CCN(Cc4ccc5oc(C(=O)c6cn(-c7ccc([N+](=O)[O-])cc7)nc6C(C)=O)cc5c4)CC3)ccc2o1. The fourth-order valence-electron chi connectivity index (χ4n) is 7.81. The molecule has 320 valence electrons. The van der Waals surface area contributed by atoms with Crippen LogP contribution in [0.5, 0.6) is 0 Å². The molecule has 0 saturated carbocycles. The Bertz CT molecular complexity index is 2970. The number of ketones is 4. The van der Waals surface area contributed by atoms with Gasteiger partial charge in [0.2, 0.25) is 11.6 Å². The second-order valence-corrected chi connectivity index (χ2v) is 15.5. The molecule has 1 saturated heterocycles. The first kappa shape index (κ1) is 41.1. The lowest BCUT2D eigenvalue weighted by atomic mass is 10.1. The quantitative estimate of drug-likeness (QED) is 0.0585. The van der Waals surface area contributed by atoms with Crippen molar-refractivity contribution in [2.24, 2.45) is 0 Å². The third-order valence-corrected chi connectivity index (χ3v) is 11.1. The highest BCUT2D eigenvalue weighted by atomic mass is 16.6. The Hall–Kier alpha value is -8.22. The van der Waals surface area contributed by atoms with Gasteiger partial charge in [-0.1, -0.05) is 12.1 Å². The normalized spacial score (nSPS) is 13.4. The third kappa shape index (κ3) is 8.13. The minimum absolute atomic E-state index is 0.0394. The van der Waals surface area contributed by atoms with E-state index in [0.717, 1.165) is 48.1 Å². The van der Waals surface area contributed by atoms with Crippen LogP contribution in [-0.4, -0.2) is 88.5 Å². The Morgan fingerprint density at radius 2 is 0.938 bits per heavy atom. The summed E-state index contributed by atoms with van der Waals surface area (Å²) in [5.41, 5.74) is 3.85. The van der Waals surface area contributed by atoms with Gasteiger partial charge >= 0.3 is 0 Å². The summed E-state index contributed by atoms with van der Waals surface area (Å²) in [6, 6.07) is 26.1. The van der Waals surface area contributed by atoms with Gasteiger partial charge in [-0.3, -0.25) is 49.2 Å². The molecule has 4 aromatic carbocycles. The number of furan rings is 2. The smallest absolute Gasteiger partial charge is 0.269 e. The number of carbonyl (C=O) groups is 4. The Labute approximate surface area is 362 Å². The first-order valence-electron chi connectivity index (χ1n) is 20.1. The fraction of sp³-hybridized carbons (Fsp3) is 0.174. The van der Waals surface area contributed by atoms with Crippen molar-refractivity contribution in [1.82, 2.24) is 29.4 Å². The molecule has 1 aliphatic rings. The van der Waals surface area contributed by atoms with E-state index in [-0.39, 0.29) is 45.4 Å². The third-order valence-electron chi connectivity index (χ3n) is 11.1. The minimum atomic E-state index is -0.517. The van der Waals surface area contributed by atoms with E-state index in [9.17, 15) is 39.4 Å². The molecule has 0 radical (unpaired) electrons. The topological polar surface area (TPSA) is 223 Å². The van der Waals surface area contributed by atoms with Crippen molar-refractivity contribution < 1.29 is 37.9 Å². The van der Waals surface area contributed by atoms with Crippen molar-refractivity contribution in [2.45, 2.75) is 26.9 Å². The summed E-state index contributed by atoms with van der Waals surface area (Å²) >= 11 is 0. The van der Waals surface area contributed by atoms with Gasteiger partial charge in [0.25, 0.3) is 11.4 Å². The number of hydrogen-bond donors (Lipinski definition) is 0. The van der Waals surface area contributed by atoms with E-state index in [4.69, 9.17) is 8.83 Å². The van der Waals surface area contributed by atoms with E-state index in [2.05, 4.69) is 20.0 Å². The highest BCUT2D eigenvalue weighted by Crippen LogP contribution is 2.28. The molecule has 0 N–H and O–H groups in total. The second-order valence-electron chi connectivity index (χ2n) is 15.5. The molecule has 64 heavy (non-hydrogen) atoms. The van der Waals surface area contributed by atoms with E-state index in [0.29, 0.717) is 35.6 Å². The Kier molecular flexibility index (Phi) is 10.7. The molecule has 1 fully saturated rings. The molecular weight excluding hydrogens is 825 g/mol. The van der Waals surface area contributed by atoms with Gasteiger partial charge in [-0.25, -0.2) is 9.36 Å². The number of fused-ring (bicyclic) bond motifs is 2. The monoisotopic (exact) mass is 860 g/mol. The van der Waals surface area contributed by atoms with Crippen molar-refractivity contribution in [2.75, 3.05) is 26.2 Å². The van der Waals surface area contributed by atoms with Gasteiger partial charge in [0.15, 0.2) is 23.1 Å². The zero-order valence-corrected chi connectivity index (χ0v) is 34.3. The largest absolute Gasteiger partial charge is 0.453 e. The van der Waals surface area contributed by atoms with E-state index in [1.807, 2.05) is 36.4 Å². The number of nitro benzene ring substituents is 2. The van der Waals surface area contributed by atoms with Crippen molar-refractivity contribution in [3.63, 3.8) is 0 Å². The molecule has 0 aliphatic carbocycles. The van der Waals surface area contributed by atoms with Gasteiger partial charge in [-0.2, -0.15) is 10.2 Å². The van der Waals surface area contributed by atoms with E-state index in [1.165, 1.54) is 84.1 Å². The predicted octanol–water partition coefficient (Wildman–Crippen LogP) is 7.55. The van der Waals surface area contributed by atoms with Crippen LogP contribution in [0.3, 0.4) is 0 Å². The maximum Gasteiger partial charge on any atom is 0.269 e. The number of rotatable bonds is 14. The number of non-ortho nitro benzene ring substituents is 2. The molecule has 9 rings (SSSR count). The van der Waals surface area contributed by atoms with Crippen LogP contribution in [0.15, 0.2) is 118 Å². The van der Waals surface area contributed by atoms with Gasteiger partial charge in [0.1, 0.15) is 22.6 Å². The van der Waals surface area contributed by atoms with Crippen LogP contribution < -0.4 is 0 Å². The Balaban J connectivity index is 0.827. The number of Topliss-reactive ketones (excluding diaryl/α,β-unsaturated/α-hetero) is 2. The lowest BCUT2D eigenvalue weighted by molar-refractivity contribution is -0.385. The molecule has 0 amide bonds. The number of hydrogen-bond acceptors (Lipinski definition) is 14. The number of piperazine rings is 1. The van der Waals surface area contributed by atoms with Gasteiger partial charge < -0.3 is 8.83 Å². The summed E-state index contributed by atoms with van der Waals surface area (Å²) in [6.07, 6.45) is 2.85. The summed E-state index contributed by atoms with van der Waals surface area (Å²) in [5.74, 6) is -1.74. The average molecular weight is 861 g/mol. The average Bonchev–Trinajstić information content (AvgIpc) is 4.11. The molecular formula is C46H36N8O10. The highest BCUT2D eigenvalue weighted by Gasteiger charge is 2.27. The molecule has 8 aromatic rings. The molecule has 5 heterocycles. The van der Waals surface area contributed by atoms with E-state index < -0.39 is 33.0 Å². The molecule has 18 nitrogen and oxygen atoms in total. The van der Waals surface area contributed by atoms with Gasteiger partial charge in [-0.05, 0) is 71.8 Å². The van der Waals surface area contributed by atoms with Crippen LogP contribution in [0.25, 0.3) is 33.3 Å². The van der Waals surface area contributed by atoms with E-state index >= 15 is 0 Å². The number of carbonyl (C=O) groups excluding carboxylic acids is 4. The number of nitrogens with zero attached hydrogens (tertiary/aromatic N) is 8. The molecule has 1 aliphatic heterocycles. The van der Waals surface area contributed by atoms with Crippen molar-refractivity contribution in [3.05, 3.63) is 175 Å². The first-order valence-corrected chi connectivity index (χ1v) is 20.1. The second kappa shape index (κ2) is 16.6.